The highest BCUT2D eigenvalue weighted by atomic mass is 35.5. The zero-order valence-corrected chi connectivity index (χ0v) is 36.7. The van der Waals surface area contributed by atoms with Gasteiger partial charge in [0.1, 0.15) is 23.7 Å². The molecule has 5 aromatic carbocycles. The van der Waals surface area contributed by atoms with Gasteiger partial charge in [0.2, 0.25) is 5.91 Å². The lowest BCUT2D eigenvalue weighted by Gasteiger charge is -2.29. The van der Waals surface area contributed by atoms with E-state index in [0.717, 1.165) is 74.4 Å². The van der Waals surface area contributed by atoms with Crippen LogP contribution in [0.25, 0.3) is 55.0 Å². The molecule has 4 heterocycles. The first kappa shape index (κ1) is 42.4. The summed E-state index contributed by atoms with van der Waals surface area (Å²) >= 11 is 6.81. The molecule has 0 radical (unpaired) electrons. The number of halogens is 1. The number of rotatable bonds is 10. The van der Waals surface area contributed by atoms with Crippen LogP contribution in [-0.2, 0) is 19.1 Å². The number of H-pyrrole nitrogens is 2. The van der Waals surface area contributed by atoms with Crippen molar-refractivity contribution in [3.8, 4) is 22.4 Å². The van der Waals surface area contributed by atoms with Crippen LogP contribution < -0.4 is 10.6 Å². The summed E-state index contributed by atoms with van der Waals surface area (Å²) in [5.41, 5.74) is 6.06. The number of fused-ring (bicyclic) bond motifs is 4. The zero-order chi connectivity index (χ0) is 44.6. The van der Waals surface area contributed by atoms with E-state index < -0.39 is 24.3 Å². The number of benzene rings is 5. The van der Waals surface area contributed by atoms with Gasteiger partial charge in [-0.15, -0.1) is 0 Å². The third-order valence-corrected chi connectivity index (χ3v) is 12.8. The molecule has 64 heavy (non-hydrogen) atoms. The number of carbonyl (C=O) groups is 4. The lowest BCUT2D eigenvalue weighted by Crippen LogP contribution is -2.51. The molecule has 0 saturated carbocycles. The summed E-state index contributed by atoms with van der Waals surface area (Å²) in [5, 5.41) is 9.91. The number of hydrogen-bond donors (Lipinski definition) is 4. The number of aromatic nitrogens is 4. The fraction of sp³-hybridized carbons (Fsp3) is 0.306. The Morgan fingerprint density at radius 2 is 1.27 bits per heavy atom. The molecule has 7 aromatic rings. The SMILES string of the molecule is COC(=O)N[C@H](C(=O)N1CCC[C@H]1c1nc2ccc3cc(-c4ccc5cc(-c6[nH]c([C@@H]7CCCN7C(=O)[C@H](NC(=O)OC)c7ccccc7)nc6Cl)ccc5c4)ccc3c2[nH]1)C(C)C. The van der Waals surface area contributed by atoms with Crippen molar-refractivity contribution in [1.82, 2.24) is 40.4 Å². The average Bonchev–Trinajstić information content (AvgIpc) is 4.15. The van der Waals surface area contributed by atoms with Gasteiger partial charge in [0.05, 0.1) is 43.0 Å². The third kappa shape index (κ3) is 8.09. The average molecular weight is 881 g/mol. The van der Waals surface area contributed by atoms with Crippen LogP contribution in [-0.4, -0.2) is 87.1 Å². The van der Waals surface area contributed by atoms with Gasteiger partial charge in [0.15, 0.2) is 5.15 Å². The largest absolute Gasteiger partial charge is 0.453 e. The van der Waals surface area contributed by atoms with Crippen LogP contribution in [0.3, 0.4) is 0 Å². The first-order valence-corrected chi connectivity index (χ1v) is 22.0. The number of aromatic amines is 2. The summed E-state index contributed by atoms with van der Waals surface area (Å²) in [5.74, 6) is 0.810. The van der Waals surface area contributed by atoms with Gasteiger partial charge in [-0.3, -0.25) is 9.59 Å². The van der Waals surface area contributed by atoms with E-state index in [9.17, 15) is 19.2 Å². The van der Waals surface area contributed by atoms with Gasteiger partial charge in [0, 0.05) is 24.0 Å². The Bertz CT molecular complexity index is 2910. The Balaban J connectivity index is 0.938. The standard InChI is InChI=1S/C49H49ClN8O6/c1-27(2)39(54-48(61)63-3)46(59)57-22-8-12-37(57)44-51-36-21-19-33-25-32(18-20-35(33)42(36)53-44)29-14-15-31-26-34(17-16-30(31)24-29)40-43(50)56-45(52-40)38-13-9-23-58(38)47(60)41(55-49(62)64-4)28-10-6-5-7-11-28/h5-7,10-11,14-21,24-27,37-39,41H,8-9,12-13,22-23H2,1-4H3,(H,51,53)(H,52,56)(H,54,61)(H,55,62)/t37-,38-,39-,41+/m0/s1. The number of nitrogens with one attached hydrogen (secondary N) is 4. The molecular weight excluding hydrogens is 832 g/mol. The molecule has 0 bridgehead atoms. The minimum absolute atomic E-state index is 0.119. The summed E-state index contributed by atoms with van der Waals surface area (Å²) in [6, 6.07) is 30.0. The number of carbonyl (C=O) groups excluding carboxylic acids is 4. The van der Waals surface area contributed by atoms with Crippen molar-refractivity contribution in [3.63, 3.8) is 0 Å². The molecule has 4 N–H and O–H groups in total. The molecule has 14 nitrogen and oxygen atoms in total. The lowest BCUT2D eigenvalue weighted by molar-refractivity contribution is -0.135. The molecule has 4 amide bonds. The smallest absolute Gasteiger partial charge is 0.407 e. The van der Waals surface area contributed by atoms with Crippen LogP contribution in [0, 0.1) is 5.92 Å². The maximum absolute atomic E-state index is 14.0. The molecule has 328 valence electrons. The summed E-state index contributed by atoms with van der Waals surface area (Å²) in [6.45, 7) is 4.90. The van der Waals surface area contributed by atoms with Crippen molar-refractivity contribution in [1.29, 1.82) is 0 Å². The van der Waals surface area contributed by atoms with Gasteiger partial charge >= 0.3 is 12.2 Å². The number of ether oxygens (including phenoxy) is 2. The molecule has 0 aliphatic carbocycles. The Morgan fingerprint density at radius 1 is 0.688 bits per heavy atom. The molecular formula is C49H49ClN8O6. The second-order valence-electron chi connectivity index (χ2n) is 16.8. The Kier molecular flexibility index (Phi) is 11.7. The van der Waals surface area contributed by atoms with E-state index in [1.54, 1.807) is 17.0 Å². The molecule has 0 spiro atoms. The van der Waals surface area contributed by atoms with E-state index in [2.05, 4.69) is 75.2 Å². The molecule has 4 atom stereocenters. The van der Waals surface area contributed by atoms with E-state index in [4.69, 9.17) is 31.0 Å². The third-order valence-electron chi connectivity index (χ3n) is 12.6. The van der Waals surface area contributed by atoms with Crippen molar-refractivity contribution in [2.24, 2.45) is 5.92 Å². The van der Waals surface area contributed by atoms with E-state index in [-0.39, 0.29) is 29.8 Å². The predicted octanol–water partition coefficient (Wildman–Crippen LogP) is 9.38. The highest BCUT2D eigenvalue weighted by molar-refractivity contribution is 6.32. The van der Waals surface area contributed by atoms with Crippen LogP contribution in [0.15, 0.2) is 97.1 Å². The van der Waals surface area contributed by atoms with Gasteiger partial charge in [-0.25, -0.2) is 19.6 Å². The first-order valence-electron chi connectivity index (χ1n) is 21.6. The number of likely N-dealkylation sites (tertiary alicyclic amines) is 2. The summed E-state index contributed by atoms with van der Waals surface area (Å²) < 4.78 is 9.64. The second kappa shape index (κ2) is 17.7. The molecule has 9 rings (SSSR count). The second-order valence-corrected chi connectivity index (χ2v) is 17.2. The zero-order valence-electron chi connectivity index (χ0n) is 36.0. The monoisotopic (exact) mass is 880 g/mol. The van der Waals surface area contributed by atoms with Crippen molar-refractivity contribution >= 4 is 68.2 Å². The molecule has 0 unspecified atom stereocenters. The van der Waals surface area contributed by atoms with E-state index in [0.29, 0.717) is 41.7 Å². The van der Waals surface area contributed by atoms with Crippen molar-refractivity contribution in [2.75, 3.05) is 27.3 Å². The first-order chi connectivity index (χ1) is 31.0. The molecule has 2 aliphatic rings. The minimum atomic E-state index is -0.920. The maximum atomic E-state index is 14.0. The molecule has 15 heteroatoms. The van der Waals surface area contributed by atoms with Crippen LogP contribution >= 0.6 is 11.6 Å². The fourth-order valence-corrected chi connectivity index (χ4v) is 9.50. The number of hydrogen-bond acceptors (Lipinski definition) is 8. The molecule has 2 fully saturated rings. The molecule has 2 aromatic heterocycles. The van der Waals surface area contributed by atoms with Crippen LogP contribution in [0.1, 0.15) is 74.9 Å². The quantitative estimate of drug-likeness (QED) is 0.105. The van der Waals surface area contributed by atoms with Crippen molar-refractivity contribution in [2.45, 2.75) is 63.7 Å². The van der Waals surface area contributed by atoms with Crippen LogP contribution in [0.2, 0.25) is 5.15 Å². The van der Waals surface area contributed by atoms with E-state index in [1.165, 1.54) is 14.2 Å². The minimum Gasteiger partial charge on any atom is -0.453 e. The number of amides is 4. The molecule has 2 saturated heterocycles. The summed E-state index contributed by atoms with van der Waals surface area (Å²) in [7, 11) is 2.57. The Morgan fingerprint density at radius 3 is 1.94 bits per heavy atom. The predicted molar refractivity (Wildman–Crippen MR) is 245 cm³/mol. The topological polar surface area (TPSA) is 175 Å². The fourth-order valence-electron chi connectivity index (χ4n) is 9.25. The lowest BCUT2D eigenvalue weighted by atomic mass is 9.97. The number of nitrogens with zero attached hydrogens (tertiary/aromatic N) is 4. The van der Waals surface area contributed by atoms with Gasteiger partial charge in [-0.05, 0) is 88.7 Å². The highest BCUT2D eigenvalue weighted by Gasteiger charge is 2.39. The number of alkyl carbamates (subject to hydrolysis) is 2. The van der Waals surface area contributed by atoms with Crippen molar-refractivity contribution < 1.29 is 28.7 Å². The van der Waals surface area contributed by atoms with Crippen molar-refractivity contribution in [3.05, 3.63) is 119 Å². The summed E-state index contributed by atoms with van der Waals surface area (Å²) in [4.78, 5) is 72.4. The van der Waals surface area contributed by atoms with Gasteiger partial charge in [-0.2, -0.15) is 0 Å². The normalized spacial score (nSPS) is 17.3. The van der Waals surface area contributed by atoms with Crippen LogP contribution in [0.4, 0.5) is 9.59 Å². The van der Waals surface area contributed by atoms with Gasteiger partial charge in [0.25, 0.3) is 5.91 Å². The number of methoxy groups -OCH3 is 2. The maximum Gasteiger partial charge on any atom is 0.407 e. The highest BCUT2D eigenvalue weighted by Crippen LogP contribution is 2.39. The number of imidazole rings is 2. The summed E-state index contributed by atoms with van der Waals surface area (Å²) in [6.07, 6.45) is 1.75. The van der Waals surface area contributed by atoms with E-state index >= 15 is 0 Å². The Labute approximate surface area is 374 Å². The van der Waals surface area contributed by atoms with Crippen LogP contribution in [0.5, 0.6) is 0 Å². The molecule has 2 aliphatic heterocycles. The Hall–Kier alpha value is -6.93. The van der Waals surface area contributed by atoms with Gasteiger partial charge < -0.3 is 39.9 Å². The van der Waals surface area contributed by atoms with Gasteiger partial charge in [-0.1, -0.05) is 98.2 Å². The van der Waals surface area contributed by atoms with E-state index in [1.807, 2.05) is 49.1 Å².